The van der Waals surface area contributed by atoms with Crippen LogP contribution in [-0.4, -0.2) is 86.0 Å². The van der Waals surface area contributed by atoms with Gasteiger partial charge in [0.1, 0.15) is 5.75 Å². The molecule has 52 heavy (non-hydrogen) atoms. The molecular weight excluding hydrogens is 673 g/mol. The molecule has 2 saturated heterocycles. The highest BCUT2D eigenvalue weighted by Gasteiger charge is 2.66. The number of hydrogen-bond donors (Lipinski definition) is 2. The minimum absolute atomic E-state index is 0.000359. The monoisotopic (exact) mass is 720 g/mol. The normalized spacial score (nSPS) is 23.7. The molecule has 0 aliphatic carbocycles. The summed E-state index contributed by atoms with van der Waals surface area (Å²) in [7, 11) is -0.704. The summed E-state index contributed by atoms with van der Waals surface area (Å²) in [6, 6.07) is 24.1. The number of hydrogen-bond acceptors (Lipinski definition) is 8. The van der Waals surface area contributed by atoms with Crippen LogP contribution >= 0.6 is 0 Å². The molecule has 1 spiro atoms. The average molecular weight is 721 g/mol. The Morgan fingerprint density at radius 1 is 1.13 bits per heavy atom. The van der Waals surface area contributed by atoms with Crippen molar-refractivity contribution in [3.63, 3.8) is 0 Å². The highest BCUT2D eigenvalue weighted by atomic mass is 28.3. The number of nitrogens with zero attached hydrogens (tertiary/aromatic N) is 5. The Hall–Kier alpha value is -4.62. The van der Waals surface area contributed by atoms with Gasteiger partial charge in [0.25, 0.3) is 5.91 Å². The first-order valence-corrected chi connectivity index (χ1v) is 21.2. The van der Waals surface area contributed by atoms with Crippen LogP contribution < -0.4 is 25.0 Å². The number of rotatable bonds is 12. The SMILES string of the molecule is C=CCN1C(=O)[C@@]2(O[C@@H](CCn3cc(C(CO)c4ccccc4)nn3)[C@H]([Si](C)(C)c3ccc(OC)cc3)[C@H]2C)c2cc(N3CCNCC3=O)ccc21. The van der Waals surface area contributed by atoms with Crippen LogP contribution in [0, 0.1) is 5.92 Å². The van der Waals surface area contributed by atoms with Crippen LogP contribution in [0.5, 0.6) is 5.75 Å². The van der Waals surface area contributed by atoms with E-state index in [2.05, 4.69) is 54.4 Å². The van der Waals surface area contributed by atoms with Crippen molar-refractivity contribution in [2.75, 3.05) is 49.7 Å². The van der Waals surface area contributed by atoms with Gasteiger partial charge in [0.2, 0.25) is 5.91 Å². The number of aromatic nitrogens is 3. The Bertz CT molecular complexity index is 1930. The number of amides is 2. The van der Waals surface area contributed by atoms with E-state index in [0.29, 0.717) is 38.3 Å². The van der Waals surface area contributed by atoms with Crippen molar-refractivity contribution < 1.29 is 24.2 Å². The molecule has 5 atom stereocenters. The standard InChI is InChI=1S/C40H48N6O5Si/c1-6-20-46-35-17-12-29(45-22-19-41-24-37(45)48)23-33(35)40(39(46)49)27(2)38(52(4,5)31-15-13-30(50-3)14-16-31)36(51-40)18-21-44-25-34(42-43-44)32(26-47)28-10-8-7-9-11-28/h6-17,23,25,27,32,36,38,41,47H,1,18-22,24,26H2,2-5H3/t27-,32?,36+,38-,40+/m1/s1. The number of nitrogens with one attached hydrogen (secondary N) is 1. The Kier molecular flexibility index (Phi) is 9.92. The number of aryl methyl sites for hydroxylation is 1. The van der Waals surface area contributed by atoms with Crippen LogP contribution in [0.4, 0.5) is 11.4 Å². The molecule has 1 unspecified atom stereocenters. The molecular formula is C40H48N6O5Si. The van der Waals surface area contributed by atoms with Crippen molar-refractivity contribution in [2.24, 2.45) is 5.92 Å². The molecule has 3 aromatic carbocycles. The second-order valence-corrected chi connectivity index (χ2v) is 19.3. The predicted octanol–water partition coefficient (Wildman–Crippen LogP) is 4.19. The average Bonchev–Trinajstić information content (AvgIpc) is 3.82. The van der Waals surface area contributed by atoms with Gasteiger partial charge in [-0.05, 0) is 47.9 Å². The molecule has 2 N–H and O–H groups in total. The number of ether oxygens (including phenoxy) is 2. The fraction of sp³-hybridized carbons (Fsp3) is 0.400. The molecule has 0 saturated carbocycles. The maximum absolute atomic E-state index is 14.9. The van der Waals surface area contributed by atoms with Gasteiger partial charge in [0.15, 0.2) is 5.60 Å². The summed E-state index contributed by atoms with van der Waals surface area (Å²) in [5.74, 6) is 0.225. The number of piperazine rings is 1. The third-order valence-electron chi connectivity index (χ3n) is 11.5. The first kappa shape index (κ1) is 35.8. The molecule has 3 aliphatic heterocycles. The van der Waals surface area contributed by atoms with E-state index in [9.17, 15) is 14.7 Å². The van der Waals surface area contributed by atoms with Crippen LogP contribution in [0.1, 0.15) is 36.1 Å². The number of benzene rings is 3. The molecule has 2 amide bonds. The third kappa shape index (κ3) is 6.07. The Labute approximate surface area is 306 Å². The highest BCUT2D eigenvalue weighted by molar-refractivity contribution is 6.91. The summed E-state index contributed by atoms with van der Waals surface area (Å²) in [5, 5.41) is 23.6. The van der Waals surface area contributed by atoms with Gasteiger partial charge in [0.05, 0.1) is 51.7 Å². The summed E-state index contributed by atoms with van der Waals surface area (Å²) in [6.07, 6.45) is 3.96. The van der Waals surface area contributed by atoms with Crippen LogP contribution in [0.25, 0.3) is 0 Å². The quantitative estimate of drug-likeness (QED) is 0.165. The van der Waals surface area contributed by atoms with Crippen LogP contribution in [0.15, 0.2) is 91.6 Å². The lowest BCUT2D eigenvalue weighted by molar-refractivity contribution is -0.145. The summed E-state index contributed by atoms with van der Waals surface area (Å²) >= 11 is 0. The number of anilines is 2. The minimum atomic E-state index is -2.37. The molecule has 7 rings (SSSR count). The third-order valence-corrected chi connectivity index (χ3v) is 15.8. The molecule has 1 aromatic heterocycles. The number of aliphatic hydroxyl groups is 1. The second kappa shape index (κ2) is 14.4. The molecule has 272 valence electrons. The van der Waals surface area contributed by atoms with Gasteiger partial charge in [-0.1, -0.05) is 79.0 Å². The Balaban J connectivity index is 1.28. The van der Waals surface area contributed by atoms with E-state index >= 15 is 0 Å². The van der Waals surface area contributed by atoms with Crippen molar-refractivity contribution in [3.8, 4) is 5.75 Å². The van der Waals surface area contributed by atoms with Gasteiger partial charge in [-0.25, -0.2) is 0 Å². The van der Waals surface area contributed by atoms with E-state index in [-0.39, 0.29) is 48.4 Å². The molecule has 12 heteroatoms. The first-order chi connectivity index (χ1) is 25.1. The first-order valence-electron chi connectivity index (χ1n) is 18.1. The summed E-state index contributed by atoms with van der Waals surface area (Å²) < 4.78 is 14.6. The number of methoxy groups -OCH3 is 1. The molecule has 3 aliphatic rings. The van der Waals surface area contributed by atoms with Crippen LogP contribution in [-0.2, 0) is 26.5 Å². The molecule has 2 fully saturated rings. The summed E-state index contributed by atoms with van der Waals surface area (Å²) in [6.45, 7) is 13.2. The molecule has 11 nitrogen and oxygen atoms in total. The Morgan fingerprint density at radius 3 is 2.60 bits per heavy atom. The number of carbonyl (C=O) groups excluding carboxylic acids is 2. The Morgan fingerprint density at radius 2 is 1.90 bits per heavy atom. The van der Waals surface area contributed by atoms with Crippen molar-refractivity contribution in [1.82, 2.24) is 20.3 Å². The van der Waals surface area contributed by atoms with Gasteiger partial charge in [-0.2, -0.15) is 0 Å². The van der Waals surface area contributed by atoms with E-state index in [1.165, 1.54) is 5.19 Å². The zero-order valence-electron chi connectivity index (χ0n) is 30.4. The fourth-order valence-corrected chi connectivity index (χ4v) is 12.9. The smallest absolute Gasteiger partial charge is 0.264 e. The topological polar surface area (TPSA) is 122 Å². The van der Waals surface area contributed by atoms with Crippen molar-refractivity contribution >= 4 is 36.4 Å². The lowest BCUT2D eigenvalue weighted by Crippen LogP contribution is -2.52. The molecule has 4 heterocycles. The van der Waals surface area contributed by atoms with Gasteiger partial charge in [0, 0.05) is 49.5 Å². The zero-order chi connectivity index (χ0) is 36.6. The zero-order valence-corrected chi connectivity index (χ0v) is 31.4. The van der Waals surface area contributed by atoms with E-state index in [1.54, 1.807) is 23.0 Å². The maximum Gasteiger partial charge on any atom is 0.264 e. The van der Waals surface area contributed by atoms with E-state index < -0.39 is 13.7 Å². The molecule has 4 aromatic rings. The lowest BCUT2D eigenvalue weighted by Gasteiger charge is -2.37. The van der Waals surface area contributed by atoms with Crippen LogP contribution in [0.2, 0.25) is 18.6 Å². The fourth-order valence-electron chi connectivity index (χ4n) is 8.83. The molecule has 0 radical (unpaired) electrons. The van der Waals surface area contributed by atoms with Gasteiger partial charge in [-0.15, -0.1) is 11.7 Å². The van der Waals surface area contributed by atoms with E-state index in [4.69, 9.17) is 9.47 Å². The molecule has 0 bridgehead atoms. The highest BCUT2D eigenvalue weighted by Crippen LogP contribution is 2.60. The minimum Gasteiger partial charge on any atom is -0.497 e. The summed E-state index contributed by atoms with van der Waals surface area (Å²) in [4.78, 5) is 31.5. The second-order valence-electron chi connectivity index (χ2n) is 14.6. The maximum atomic E-state index is 14.9. The van der Waals surface area contributed by atoms with Crippen molar-refractivity contribution in [3.05, 3.63) is 108 Å². The van der Waals surface area contributed by atoms with E-state index in [0.717, 1.165) is 28.3 Å². The summed E-state index contributed by atoms with van der Waals surface area (Å²) in [5.41, 5.74) is 2.83. The number of fused-ring (bicyclic) bond motifs is 2. The van der Waals surface area contributed by atoms with E-state index in [1.807, 2.05) is 71.5 Å². The van der Waals surface area contributed by atoms with Gasteiger partial charge < -0.3 is 29.7 Å². The number of aliphatic hydroxyl groups excluding tert-OH is 1. The van der Waals surface area contributed by atoms with Crippen molar-refractivity contribution in [2.45, 2.75) is 56.1 Å². The van der Waals surface area contributed by atoms with Crippen LogP contribution in [0.3, 0.4) is 0 Å². The predicted molar refractivity (Wildman–Crippen MR) is 204 cm³/mol. The largest absolute Gasteiger partial charge is 0.497 e. The number of carbonyl (C=O) groups is 2. The lowest BCUT2D eigenvalue weighted by atomic mass is 9.82. The van der Waals surface area contributed by atoms with Gasteiger partial charge >= 0.3 is 0 Å². The van der Waals surface area contributed by atoms with Crippen molar-refractivity contribution in [1.29, 1.82) is 0 Å². The van der Waals surface area contributed by atoms with Gasteiger partial charge in [-0.3, -0.25) is 14.3 Å².